The van der Waals surface area contributed by atoms with E-state index in [1.807, 2.05) is 0 Å². The molecule has 1 aromatic heterocycles. The van der Waals surface area contributed by atoms with Crippen LogP contribution in [0.5, 0.6) is 11.5 Å². The summed E-state index contributed by atoms with van der Waals surface area (Å²) in [4.78, 5) is 49.9. The summed E-state index contributed by atoms with van der Waals surface area (Å²) in [5.41, 5.74) is -1.00. The van der Waals surface area contributed by atoms with E-state index >= 15 is 0 Å². The number of aromatic amines is 1. The van der Waals surface area contributed by atoms with Crippen LogP contribution in [-0.2, 0) is 6.54 Å². The number of carbonyl (C=O) groups is 1. The lowest BCUT2D eigenvalue weighted by Crippen LogP contribution is -2.39. The van der Waals surface area contributed by atoms with Gasteiger partial charge in [0.1, 0.15) is 5.56 Å². The van der Waals surface area contributed by atoms with Crippen LogP contribution in [0.2, 0.25) is 0 Å². The molecule has 0 fully saturated rings. The Morgan fingerprint density at radius 3 is 2.60 bits per heavy atom. The Labute approximate surface area is 167 Å². The van der Waals surface area contributed by atoms with Crippen LogP contribution in [0.4, 0.5) is 11.4 Å². The molecule has 1 aliphatic rings. The summed E-state index contributed by atoms with van der Waals surface area (Å²) < 4.78 is 11.4. The fraction of sp³-hybridized carbons (Fsp3) is 0.105. The van der Waals surface area contributed by atoms with Crippen LogP contribution in [0.15, 0.2) is 58.3 Å². The number of aromatic nitrogens is 2. The van der Waals surface area contributed by atoms with Crippen molar-refractivity contribution in [1.82, 2.24) is 9.55 Å². The second-order valence-electron chi connectivity index (χ2n) is 6.34. The number of rotatable bonds is 5. The molecule has 11 heteroatoms. The number of benzene rings is 2. The predicted octanol–water partition coefficient (Wildman–Crippen LogP) is 1.47. The number of ether oxygens (including phenoxy) is 2. The molecule has 11 nitrogen and oxygen atoms in total. The Morgan fingerprint density at radius 1 is 1.13 bits per heavy atom. The van der Waals surface area contributed by atoms with Gasteiger partial charge in [0.15, 0.2) is 11.5 Å². The summed E-state index contributed by atoms with van der Waals surface area (Å²) in [5.74, 6) is 0.310. The third kappa shape index (κ3) is 3.63. The molecule has 0 bridgehead atoms. The number of amides is 1. The van der Waals surface area contributed by atoms with E-state index in [2.05, 4.69) is 10.3 Å². The van der Waals surface area contributed by atoms with Crippen molar-refractivity contribution in [3.63, 3.8) is 0 Å². The first-order chi connectivity index (χ1) is 14.4. The largest absolute Gasteiger partial charge is 0.454 e. The fourth-order valence-corrected chi connectivity index (χ4v) is 2.90. The summed E-state index contributed by atoms with van der Waals surface area (Å²) in [6.07, 6.45) is 1.03. The third-order valence-electron chi connectivity index (χ3n) is 4.42. The maximum absolute atomic E-state index is 12.7. The summed E-state index contributed by atoms with van der Waals surface area (Å²) in [6.45, 7) is 0.0150. The van der Waals surface area contributed by atoms with Crippen molar-refractivity contribution in [2.45, 2.75) is 6.54 Å². The topological polar surface area (TPSA) is 146 Å². The number of nitro groups is 1. The molecule has 0 saturated carbocycles. The Hall–Kier alpha value is -4.41. The fourth-order valence-electron chi connectivity index (χ4n) is 2.90. The zero-order valence-electron chi connectivity index (χ0n) is 15.3. The van der Waals surface area contributed by atoms with Crippen LogP contribution in [-0.4, -0.2) is 27.2 Å². The third-order valence-corrected chi connectivity index (χ3v) is 4.42. The highest BCUT2D eigenvalue weighted by Crippen LogP contribution is 2.32. The molecule has 3 aromatic rings. The maximum Gasteiger partial charge on any atom is 0.328 e. The van der Waals surface area contributed by atoms with Crippen LogP contribution >= 0.6 is 0 Å². The Balaban J connectivity index is 1.59. The minimum absolute atomic E-state index is 0.0799. The number of fused-ring (bicyclic) bond motifs is 1. The van der Waals surface area contributed by atoms with E-state index in [1.54, 1.807) is 18.2 Å². The first-order valence-electron chi connectivity index (χ1n) is 8.69. The summed E-state index contributed by atoms with van der Waals surface area (Å²) >= 11 is 0. The van der Waals surface area contributed by atoms with Gasteiger partial charge < -0.3 is 19.8 Å². The van der Waals surface area contributed by atoms with Crippen LogP contribution in [0.3, 0.4) is 0 Å². The molecule has 0 atom stereocenters. The predicted molar refractivity (Wildman–Crippen MR) is 104 cm³/mol. The molecule has 152 valence electrons. The van der Waals surface area contributed by atoms with Gasteiger partial charge in [-0.1, -0.05) is 6.07 Å². The molecular weight excluding hydrogens is 396 g/mol. The minimum Gasteiger partial charge on any atom is -0.454 e. The van der Waals surface area contributed by atoms with Crippen molar-refractivity contribution in [1.29, 1.82) is 0 Å². The number of non-ortho nitro benzene ring substituents is 1. The molecule has 0 aliphatic carbocycles. The van der Waals surface area contributed by atoms with Crippen molar-refractivity contribution < 1.29 is 19.2 Å². The first kappa shape index (κ1) is 18.9. The van der Waals surface area contributed by atoms with Crippen LogP contribution in [0.25, 0.3) is 0 Å². The van der Waals surface area contributed by atoms with Gasteiger partial charge in [0, 0.05) is 24.0 Å². The maximum atomic E-state index is 12.7. The highest BCUT2D eigenvalue weighted by Gasteiger charge is 2.18. The van der Waals surface area contributed by atoms with Gasteiger partial charge >= 0.3 is 5.69 Å². The average molecular weight is 410 g/mol. The number of nitrogens with zero attached hydrogens (tertiary/aromatic N) is 2. The van der Waals surface area contributed by atoms with E-state index in [0.717, 1.165) is 10.8 Å². The zero-order valence-corrected chi connectivity index (χ0v) is 15.3. The summed E-state index contributed by atoms with van der Waals surface area (Å²) in [6, 6.07) is 10.1. The molecular formula is C19H14N4O7. The average Bonchev–Trinajstić information content (AvgIpc) is 3.19. The van der Waals surface area contributed by atoms with Gasteiger partial charge in [-0.05, 0) is 29.8 Å². The van der Waals surface area contributed by atoms with Crippen molar-refractivity contribution in [2.24, 2.45) is 0 Å². The lowest BCUT2D eigenvalue weighted by atomic mass is 10.2. The number of carbonyl (C=O) groups excluding carboxylic acids is 1. The Bertz CT molecular complexity index is 1260. The van der Waals surface area contributed by atoms with E-state index in [4.69, 9.17) is 9.47 Å². The monoisotopic (exact) mass is 410 g/mol. The highest BCUT2D eigenvalue weighted by molar-refractivity contribution is 6.03. The minimum atomic E-state index is -0.782. The summed E-state index contributed by atoms with van der Waals surface area (Å²) in [7, 11) is 0. The number of H-pyrrole nitrogens is 1. The molecule has 0 radical (unpaired) electrons. The molecule has 1 aliphatic heterocycles. The Morgan fingerprint density at radius 2 is 1.87 bits per heavy atom. The van der Waals surface area contributed by atoms with Crippen molar-refractivity contribution in [2.75, 3.05) is 12.1 Å². The van der Waals surface area contributed by atoms with Gasteiger partial charge in [0.25, 0.3) is 17.2 Å². The van der Waals surface area contributed by atoms with Gasteiger partial charge in [0.05, 0.1) is 11.5 Å². The number of nitrogens with one attached hydrogen (secondary N) is 2. The standard InChI is InChI=1S/C19H14N4O7/c24-17(21-12-2-4-13(5-3-12)23(27)28)14-8-20-19(26)22(18(14)25)9-11-1-6-15-16(7-11)30-10-29-15/h1-8H,9-10H2,(H,20,26)(H,21,24). The molecule has 0 unspecified atom stereocenters. The zero-order chi connectivity index (χ0) is 21.3. The van der Waals surface area contributed by atoms with Gasteiger partial charge in [-0.15, -0.1) is 0 Å². The summed E-state index contributed by atoms with van der Waals surface area (Å²) in [5, 5.41) is 13.2. The van der Waals surface area contributed by atoms with Gasteiger partial charge in [-0.3, -0.25) is 24.3 Å². The molecule has 1 amide bonds. The molecule has 30 heavy (non-hydrogen) atoms. The Kier molecular flexibility index (Phi) is 4.76. The molecule has 2 aromatic carbocycles. The molecule has 2 N–H and O–H groups in total. The van der Waals surface area contributed by atoms with Gasteiger partial charge in [0.2, 0.25) is 6.79 Å². The molecule has 0 saturated heterocycles. The smallest absolute Gasteiger partial charge is 0.328 e. The van der Waals surface area contributed by atoms with Crippen molar-refractivity contribution in [3.05, 3.63) is 90.7 Å². The van der Waals surface area contributed by atoms with Crippen LogP contribution in [0.1, 0.15) is 15.9 Å². The van der Waals surface area contributed by atoms with E-state index in [1.165, 1.54) is 24.3 Å². The van der Waals surface area contributed by atoms with E-state index in [0.29, 0.717) is 17.1 Å². The lowest BCUT2D eigenvalue weighted by Gasteiger charge is -2.09. The first-order valence-corrected chi connectivity index (χ1v) is 8.69. The van der Waals surface area contributed by atoms with E-state index in [9.17, 15) is 24.5 Å². The van der Waals surface area contributed by atoms with Crippen molar-refractivity contribution in [3.8, 4) is 11.5 Å². The molecule has 0 spiro atoms. The SMILES string of the molecule is O=C(Nc1ccc([N+](=O)[O-])cc1)c1c[nH]c(=O)n(Cc2ccc3c(c2)OCO3)c1=O. The quantitative estimate of drug-likeness (QED) is 0.478. The van der Waals surface area contributed by atoms with E-state index in [-0.39, 0.29) is 30.3 Å². The normalized spacial score (nSPS) is 11.9. The molecule has 4 rings (SSSR count). The van der Waals surface area contributed by atoms with Crippen molar-refractivity contribution >= 4 is 17.3 Å². The van der Waals surface area contributed by atoms with Crippen LogP contribution < -0.4 is 26.0 Å². The number of anilines is 1. The second kappa shape index (κ2) is 7.54. The lowest BCUT2D eigenvalue weighted by molar-refractivity contribution is -0.384. The van der Waals surface area contributed by atoms with Gasteiger partial charge in [-0.2, -0.15) is 0 Å². The highest BCUT2D eigenvalue weighted by atomic mass is 16.7. The molecule has 2 heterocycles. The number of hydrogen-bond acceptors (Lipinski definition) is 7. The van der Waals surface area contributed by atoms with Gasteiger partial charge in [-0.25, -0.2) is 4.79 Å². The van der Waals surface area contributed by atoms with Crippen LogP contribution in [0, 0.1) is 10.1 Å². The second-order valence-corrected chi connectivity index (χ2v) is 6.34. The number of nitro benzene ring substituents is 1. The van der Waals surface area contributed by atoms with E-state index < -0.39 is 22.1 Å². The number of hydrogen-bond donors (Lipinski definition) is 2.